The number of aromatic amines is 1. The zero-order chi connectivity index (χ0) is 19.7. The van der Waals surface area contributed by atoms with Gasteiger partial charge in [-0.1, -0.05) is 12.1 Å². The lowest BCUT2D eigenvalue weighted by atomic mass is 9.79. The number of rotatable bonds is 3. The third-order valence-corrected chi connectivity index (χ3v) is 5.38. The number of nitrogens with one attached hydrogen (secondary N) is 2. The van der Waals surface area contributed by atoms with Crippen LogP contribution in [-0.2, 0) is 4.79 Å². The molecule has 0 bridgehead atoms. The number of carbonyl (C=O) groups excluding carboxylic acids is 1. The van der Waals surface area contributed by atoms with Gasteiger partial charge in [0.05, 0.1) is 18.7 Å². The summed E-state index contributed by atoms with van der Waals surface area (Å²) in [4.78, 5) is 35.0. The van der Waals surface area contributed by atoms with Crippen molar-refractivity contribution in [2.75, 3.05) is 30.4 Å². The van der Waals surface area contributed by atoms with Crippen LogP contribution < -0.4 is 20.5 Å². The molecule has 0 radical (unpaired) electrons. The third-order valence-electron chi connectivity index (χ3n) is 5.38. The highest BCUT2D eigenvalue weighted by atomic mass is 16.5. The number of piperidine rings is 1. The van der Waals surface area contributed by atoms with E-state index in [4.69, 9.17) is 4.74 Å². The van der Waals surface area contributed by atoms with Crippen molar-refractivity contribution in [3.8, 4) is 11.8 Å². The lowest BCUT2D eigenvalue weighted by molar-refractivity contribution is -0.119. The van der Waals surface area contributed by atoms with Gasteiger partial charge in [0.1, 0.15) is 17.5 Å². The molecule has 4 rings (SSSR count). The van der Waals surface area contributed by atoms with Crippen molar-refractivity contribution in [2.45, 2.75) is 25.2 Å². The number of hydrogen-bond acceptors (Lipinski definition) is 6. The van der Waals surface area contributed by atoms with E-state index in [1.165, 1.54) is 0 Å². The molecule has 2 aromatic rings. The summed E-state index contributed by atoms with van der Waals surface area (Å²) < 4.78 is 5.18. The maximum atomic E-state index is 13.0. The quantitative estimate of drug-likeness (QED) is 0.844. The van der Waals surface area contributed by atoms with Gasteiger partial charge in [0, 0.05) is 19.0 Å². The summed E-state index contributed by atoms with van der Waals surface area (Å²) in [5.74, 6) is -0.783. The Hall–Kier alpha value is -3.34. The van der Waals surface area contributed by atoms with Gasteiger partial charge in [0.2, 0.25) is 11.9 Å². The fraction of sp³-hybridized carbons (Fsp3) is 0.400. The zero-order valence-electron chi connectivity index (χ0n) is 15.6. The van der Waals surface area contributed by atoms with E-state index in [0.29, 0.717) is 22.8 Å². The Morgan fingerprint density at radius 3 is 2.54 bits per heavy atom. The molecule has 2 aliphatic heterocycles. The van der Waals surface area contributed by atoms with Crippen LogP contribution in [0.15, 0.2) is 29.1 Å². The molecule has 0 saturated carbocycles. The Balaban J connectivity index is 1.81. The number of anilines is 2. The number of carbonyl (C=O) groups is 1. The molecule has 3 heterocycles. The number of H-pyrrole nitrogens is 1. The van der Waals surface area contributed by atoms with Crippen molar-refractivity contribution in [3.63, 3.8) is 0 Å². The monoisotopic (exact) mass is 379 g/mol. The highest BCUT2D eigenvalue weighted by Crippen LogP contribution is 2.38. The first-order chi connectivity index (χ1) is 13.6. The van der Waals surface area contributed by atoms with Gasteiger partial charge in [0.15, 0.2) is 0 Å². The second-order valence-corrected chi connectivity index (χ2v) is 7.05. The number of ether oxygens (including phenoxy) is 1. The lowest BCUT2D eigenvalue weighted by Crippen LogP contribution is -2.40. The molecule has 1 fully saturated rings. The Labute approximate surface area is 162 Å². The van der Waals surface area contributed by atoms with Gasteiger partial charge < -0.3 is 15.0 Å². The summed E-state index contributed by atoms with van der Waals surface area (Å²) in [7, 11) is 1.56. The SMILES string of the molecule is COc1ccc([C@H]2c3c(nc(N4CCCCC4)[nH]c3=O)NC(=O)[C@@H]2C#N)cc1. The molecular weight excluding hydrogens is 358 g/mol. The number of amides is 1. The Morgan fingerprint density at radius 2 is 1.89 bits per heavy atom. The van der Waals surface area contributed by atoms with E-state index in [1.54, 1.807) is 31.4 Å². The van der Waals surface area contributed by atoms with Crippen LogP contribution in [0, 0.1) is 17.2 Å². The van der Waals surface area contributed by atoms with Gasteiger partial charge in [-0.3, -0.25) is 14.6 Å². The first-order valence-corrected chi connectivity index (χ1v) is 9.36. The Bertz CT molecular complexity index is 986. The van der Waals surface area contributed by atoms with Gasteiger partial charge in [-0.2, -0.15) is 10.2 Å². The topological polar surface area (TPSA) is 111 Å². The first-order valence-electron chi connectivity index (χ1n) is 9.36. The molecule has 2 atom stereocenters. The normalized spacial score (nSPS) is 21.4. The molecule has 2 N–H and O–H groups in total. The number of hydrogen-bond donors (Lipinski definition) is 2. The average Bonchev–Trinajstić information content (AvgIpc) is 2.73. The van der Waals surface area contributed by atoms with E-state index in [0.717, 1.165) is 32.4 Å². The summed E-state index contributed by atoms with van der Waals surface area (Å²) >= 11 is 0. The standard InChI is InChI=1S/C20H21N5O3/c1-28-13-7-5-12(6-8-13)15-14(11-21)18(26)22-17-16(15)19(27)24-20(23-17)25-9-3-2-4-10-25/h5-8,14-15H,2-4,9-10H2,1H3,(H2,22,23,24,26,27)/t14-,15-/m1/s1. The van der Waals surface area contributed by atoms with E-state index >= 15 is 0 Å². The number of nitriles is 1. The van der Waals surface area contributed by atoms with Gasteiger partial charge in [-0.25, -0.2) is 0 Å². The largest absolute Gasteiger partial charge is 0.497 e. The second-order valence-electron chi connectivity index (χ2n) is 7.05. The molecule has 8 nitrogen and oxygen atoms in total. The molecule has 8 heteroatoms. The Kier molecular flexibility index (Phi) is 4.74. The van der Waals surface area contributed by atoms with Crippen molar-refractivity contribution >= 4 is 17.7 Å². The van der Waals surface area contributed by atoms with E-state index in [-0.39, 0.29) is 11.4 Å². The molecule has 0 unspecified atom stereocenters. The zero-order valence-corrected chi connectivity index (χ0v) is 15.6. The molecule has 0 spiro atoms. The second kappa shape index (κ2) is 7.35. The molecular formula is C20H21N5O3. The molecule has 1 aromatic heterocycles. The molecule has 1 saturated heterocycles. The summed E-state index contributed by atoms with van der Waals surface area (Å²) in [6.07, 6.45) is 3.24. The first kappa shape index (κ1) is 18.0. The fourth-order valence-corrected chi connectivity index (χ4v) is 3.93. The van der Waals surface area contributed by atoms with Crippen LogP contribution in [0.4, 0.5) is 11.8 Å². The van der Waals surface area contributed by atoms with Crippen LogP contribution in [0.3, 0.4) is 0 Å². The van der Waals surface area contributed by atoms with Crippen LogP contribution in [0.25, 0.3) is 0 Å². The van der Waals surface area contributed by atoms with Crippen molar-refractivity contribution in [3.05, 3.63) is 45.7 Å². The van der Waals surface area contributed by atoms with Crippen LogP contribution in [0.5, 0.6) is 5.75 Å². The molecule has 1 aromatic carbocycles. The summed E-state index contributed by atoms with van der Waals surface area (Å²) in [6, 6.07) is 9.09. The van der Waals surface area contributed by atoms with Crippen LogP contribution in [0.1, 0.15) is 36.3 Å². The van der Waals surface area contributed by atoms with Gasteiger partial charge >= 0.3 is 0 Å². The highest BCUT2D eigenvalue weighted by molar-refractivity contribution is 5.98. The minimum Gasteiger partial charge on any atom is -0.497 e. The van der Waals surface area contributed by atoms with E-state index in [9.17, 15) is 14.9 Å². The number of benzene rings is 1. The predicted molar refractivity (Wildman–Crippen MR) is 103 cm³/mol. The summed E-state index contributed by atoms with van der Waals surface area (Å²) in [5, 5.41) is 12.3. The predicted octanol–water partition coefficient (Wildman–Crippen LogP) is 1.99. The van der Waals surface area contributed by atoms with Crippen molar-refractivity contribution < 1.29 is 9.53 Å². The lowest BCUT2D eigenvalue weighted by Gasteiger charge is -2.31. The number of nitrogens with zero attached hydrogens (tertiary/aromatic N) is 3. The fourth-order valence-electron chi connectivity index (χ4n) is 3.93. The summed E-state index contributed by atoms with van der Waals surface area (Å²) in [6.45, 7) is 1.64. The molecule has 2 aliphatic rings. The minimum absolute atomic E-state index is 0.238. The van der Waals surface area contributed by atoms with Crippen LogP contribution in [-0.4, -0.2) is 36.1 Å². The van der Waals surface area contributed by atoms with Gasteiger partial charge in [0.25, 0.3) is 5.56 Å². The minimum atomic E-state index is -1.01. The van der Waals surface area contributed by atoms with E-state index in [2.05, 4.69) is 15.3 Å². The number of methoxy groups -OCH3 is 1. The maximum absolute atomic E-state index is 13.0. The smallest absolute Gasteiger partial charge is 0.258 e. The van der Waals surface area contributed by atoms with E-state index < -0.39 is 17.7 Å². The van der Waals surface area contributed by atoms with Gasteiger partial charge in [-0.05, 0) is 37.0 Å². The number of aromatic nitrogens is 2. The molecule has 144 valence electrons. The van der Waals surface area contributed by atoms with Crippen molar-refractivity contribution in [1.82, 2.24) is 9.97 Å². The van der Waals surface area contributed by atoms with Crippen molar-refractivity contribution in [2.24, 2.45) is 5.92 Å². The summed E-state index contributed by atoms with van der Waals surface area (Å²) in [5.41, 5.74) is 0.685. The highest BCUT2D eigenvalue weighted by Gasteiger charge is 2.40. The molecule has 28 heavy (non-hydrogen) atoms. The van der Waals surface area contributed by atoms with E-state index in [1.807, 2.05) is 11.0 Å². The molecule has 0 aliphatic carbocycles. The Morgan fingerprint density at radius 1 is 1.18 bits per heavy atom. The van der Waals surface area contributed by atoms with Crippen molar-refractivity contribution in [1.29, 1.82) is 5.26 Å². The van der Waals surface area contributed by atoms with Crippen LogP contribution in [0.2, 0.25) is 0 Å². The maximum Gasteiger partial charge on any atom is 0.258 e. The third kappa shape index (κ3) is 3.09. The number of fused-ring (bicyclic) bond motifs is 1. The molecule has 1 amide bonds. The average molecular weight is 379 g/mol. The van der Waals surface area contributed by atoms with Crippen LogP contribution >= 0.6 is 0 Å². The van der Waals surface area contributed by atoms with Gasteiger partial charge in [-0.15, -0.1) is 0 Å².